The van der Waals surface area contributed by atoms with E-state index >= 15 is 0 Å². The predicted octanol–water partition coefficient (Wildman–Crippen LogP) is 5.04. The van der Waals surface area contributed by atoms with E-state index in [4.69, 9.17) is 18.0 Å². The van der Waals surface area contributed by atoms with Crippen LogP contribution in [0, 0.1) is 15.6 Å². The number of sulfone groups is 1. The Balaban J connectivity index is 1.96. The summed E-state index contributed by atoms with van der Waals surface area (Å²) < 4.78 is 57.0. The van der Waals surface area contributed by atoms with E-state index in [1.807, 2.05) is 39.0 Å². The van der Waals surface area contributed by atoms with Gasteiger partial charge in [0.1, 0.15) is 17.7 Å². The van der Waals surface area contributed by atoms with Crippen LogP contribution in [0.25, 0.3) is 0 Å². The topological polar surface area (TPSA) is 155 Å². The number of carbonyl (C=O) groups is 2. The molecule has 3 aromatic rings. The molecule has 3 atom stereocenters. The quantitative estimate of drug-likeness (QED) is 0.117. The first-order valence-corrected chi connectivity index (χ1v) is 19.8. The molecule has 3 rings (SSSR count). The molecular formula is C35H48F2N4O6S3. The molecule has 2 aromatic carbocycles. The lowest BCUT2D eigenvalue weighted by Gasteiger charge is -2.32. The van der Waals surface area contributed by atoms with E-state index in [1.54, 1.807) is 6.07 Å². The summed E-state index contributed by atoms with van der Waals surface area (Å²) in [6, 6.07) is 7.81. The number of thiazole rings is 1. The number of aliphatic hydroxyl groups excluding tert-OH is 1. The first-order valence-electron chi connectivity index (χ1n) is 16.8. The highest BCUT2D eigenvalue weighted by atomic mass is 32.2. The summed E-state index contributed by atoms with van der Waals surface area (Å²) in [4.78, 5) is 29.0. The van der Waals surface area contributed by atoms with Gasteiger partial charge in [-0.05, 0) is 66.7 Å². The lowest BCUT2D eigenvalue weighted by atomic mass is 10.0. The zero-order chi connectivity index (χ0) is 37.0. The Morgan fingerprint density at radius 3 is 2.26 bits per heavy atom. The lowest BCUT2D eigenvalue weighted by Crippen LogP contribution is -2.55. The second-order valence-corrected chi connectivity index (χ2v) is 16.3. The van der Waals surface area contributed by atoms with Crippen molar-refractivity contribution in [2.75, 3.05) is 12.3 Å². The number of benzene rings is 2. The Labute approximate surface area is 302 Å². The minimum absolute atomic E-state index is 0.00369. The predicted molar refractivity (Wildman–Crippen MR) is 194 cm³/mol. The Morgan fingerprint density at radius 2 is 1.68 bits per heavy atom. The zero-order valence-electron chi connectivity index (χ0n) is 28.7. The highest BCUT2D eigenvalue weighted by molar-refractivity contribution is 7.92. The third-order valence-corrected chi connectivity index (χ3v) is 12.0. The van der Waals surface area contributed by atoms with E-state index in [1.165, 1.54) is 14.8 Å². The molecule has 0 saturated heterocycles. The second-order valence-electron chi connectivity index (χ2n) is 12.5. The third kappa shape index (κ3) is 12.2. The number of aromatic nitrogens is 1. The van der Waals surface area contributed by atoms with Crippen LogP contribution in [0.3, 0.4) is 0 Å². The van der Waals surface area contributed by atoms with Gasteiger partial charge in [-0.15, -0.1) is 11.3 Å². The number of aryl methyl sites for hydroxylation is 1. The molecule has 1 aromatic heterocycles. The molecule has 15 heteroatoms. The Morgan fingerprint density at radius 1 is 1.04 bits per heavy atom. The van der Waals surface area contributed by atoms with Gasteiger partial charge >= 0.3 is 0 Å². The Hall–Kier alpha value is -3.24. The van der Waals surface area contributed by atoms with Gasteiger partial charge in [0, 0.05) is 38.2 Å². The van der Waals surface area contributed by atoms with Crippen LogP contribution >= 0.6 is 23.6 Å². The van der Waals surface area contributed by atoms with Gasteiger partial charge in [0.2, 0.25) is 17.7 Å². The van der Waals surface area contributed by atoms with Crippen molar-refractivity contribution in [2.45, 2.75) is 102 Å². The lowest BCUT2D eigenvalue weighted by molar-refractivity contribution is -0.137. The number of halogens is 2. The molecule has 0 aliphatic heterocycles. The highest BCUT2D eigenvalue weighted by Crippen LogP contribution is 2.20. The van der Waals surface area contributed by atoms with Crippen molar-refractivity contribution in [3.8, 4) is 5.88 Å². The smallest absolute Gasteiger partial charge is 0.246 e. The van der Waals surface area contributed by atoms with Crippen LogP contribution in [0.5, 0.6) is 5.88 Å². The van der Waals surface area contributed by atoms with Crippen LogP contribution in [-0.2, 0) is 45.4 Å². The van der Waals surface area contributed by atoms with Gasteiger partial charge < -0.3 is 26.2 Å². The average Bonchev–Trinajstić information content (AvgIpc) is 3.38. The average molecular weight is 755 g/mol. The number of hydrogen-bond acceptors (Lipinski definition) is 9. The molecule has 0 aliphatic carbocycles. The fourth-order valence-corrected chi connectivity index (χ4v) is 8.95. The van der Waals surface area contributed by atoms with Crippen LogP contribution < -0.4 is 11.1 Å². The van der Waals surface area contributed by atoms with Crippen LogP contribution in [0.4, 0.5) is 8.78 Å². The summed E-state index contributed by atoms with van der Waals surface area (Å²) in [6.45, 7) is 5.34. The van der Waals surface area contributed by atoms with E-state index in [9.17, 15) is 37.0 Å². The van der Waals surface area contributed by atoms with Crippen LogP contribution in [0.2, 0.25) is 0 Å². The molecule has 5 N–H and O–H groups in total. The van der Waals surface area contributed by atoms with Crippen LogP contribution in [0.15, 0.2) is 47.8 Å². The van der Waals surface area contributed by atoms with Gasteiger partial charge in [-0.25, -0.2) is 17.2 Å². The normalized spacial score (nSPS) is 13.6. The fourth-order valence-electron chi connectivity index (χ4n) is 5.82. The third-order valence-electron chi connectivity index (χ3n) is 8.47. The maximum absolute atomic E-state index is 14.4. The van der Waals surface area contributed by atoms with Gasteiger partial charge in [-0.3, -0.25) is 14.2 Å². The molecule has 0 aliphatic rings. The molecule has 10 nitrogen and oxygen atoms in total. The van der Waals surface area contributed by atoms with Gasteiger partial charge in [0.25, 0.3) is 0 Å². The number of rotatable bonds is 20. The van der Waals surface area contributed by atoms with Gasteiger partial charge in [-0.1, -0.05) is 57.9 Å². The standard InChI is InChI=1S/C35H48F2N4O6S3/c1-4-8-28(9-5-2)50(46,47)22-30(39-32(43)12-13-41-33(44)21-49-35(41)48)34(45)40(19-24-11-7-10-23(6-3)14-24)20-31(42)29(38)17-25-15-26(36)18-27(37)16-25/h7,10-11,14-16,18,21,28-31,42,44H,4-6,8-9,12-13,17,19-20,22,38H2,1-3H3,(H,39,43)/t29-,30?,31+/m0/s1. The van der Waals surface area contributed by atoms with Crippen LogP contribution in [-0.4, -0.2) is 75.6 Å². The number of nitrogens with two attached hydrogens (primary N) is 1. The Bertz CT molecular complexity index is 1720. The van der Waals surface area contributed by atoms with Gasteiger partial charge in [0.05, 0.1) is 22.5 Å². The number of nitrogens with one attached hydrogen (secondary N) is 1. The minimum Gasteiger partial charge on any atom is -0.494 e. The zero-order valence-corrected chi connectivity index (χ0v) is 31.1. The highest BCUT2D eigenvalue weighted by Gasteiger charge is 2.35. The van der Waals surface area contributed by atoms with Crippen molar-refractivity contribution < 1.29 is 37.0 Å². The molecule has 0 bridgehead atoms. The maximum atomic E-state index is 14.4. The van der Waals surface area contributed by atoms with E-state index in [0.717, 1.165) is 41.5 Å². The van der Waals surface area contributed by atoms with E-state index in [2.05, 4.69) is 5.32 Å². The fraction of sp³-hybridized carbons (Fsp3) is 0.514. The molecule has 1 unspecified atom stereocenters. The summed E-state index contributed by atoms with van der Waals surface area (Å²) >= 11 is 6.34. The number of amides is 2. The molecule has 0 radical (unpaired) electrons. The van der Waals surface area contributed by atoms with Crippen molar-refractivity contribution in [1.82, 2.24) is 14.8 Å². The first-order chi connectivity index (χ1) is 23.7. The van der Waals surface area contributed by atoms with Crippen molar-refractivity contribution in [3.05, 3.63) is 80.1 Å². The number of nitrogens with zero attached hydrogens (tertiary/aromatic N) is 2. The molecule has 2 amide bonds. The summed E-state index contributed by atoms with van der Waals surface area (Å²) in [5.74, 6) is -3.75. The van der Waals surface area contributed by atoms with Crippen LogP contribution in [0.1, 0.15) is 69.6 Å². The monoisotopic (exact) mass is 754 g/mol. The first kappa shape index (κ1) is 41.2. The summed E-state index contributed by atoms with van der Waals surface area (Å²) in [7, 11) is -3.90. The number of hydrogen-bond donors (Lipinski definition) is 4. The number of aliphatic hydroxyl groups is 1. The van der Waals surface area contributed by atoms with Crippen molar-refractivity contribution in [1.29, 1.82) is 0 Å². The molecule has 50 heavy (non-hydrogen) atoms. The summed E-state index contributed by atoms with van der Waals surface area (Å²) in [5, 5.41) is 24.7. The summed E-state index contributed by atoms with van der Waals surface area (Å²) in [5.41, 5.74) is 8.19. The Kier molecular flexibility index (Phi) is 16.0. The maximum Gasteiger partial charge on any atom is 0.246 e. The largest absolute Gasteiger partial charge is 0.494 e. The van der Waals surface area contributed by atoms with E-state index in [0.29, 0.717) is 35.2 Å². The SMILES string of the molecule is CCCC(CCC)S(=O)(=O)CC(NC(=O)CCn1c(O)csc1=S)C(=O)N(Cc1cccc(CC)c1)C[C@@H](O)[C@@H](N)Cc1cc(F)cc(F)c1. The van der Waals surface area contributed by atoms with Crippen molar-refractivity contribution in [2.24, 2.45) is 5.73 Å². The molecule has 0 fully saturated rings. The van der Waals surface area contributed by atoms with Crippen molar-refractivity contribution >= 4 is 45.2 Å². The van der Waals surface area contributed by atoms with Gasteiger partial charge in [0.15, 0.2) is 13.8 Å². The summed E-state index contributed by atoms with van der Waals surface area (Å²) in [6.07, 6.45) is 1.03. The molecule has 1 heterocycles. The minimum atomic E-state index is -3.90. The molecule has 0 spiro atoms. The molecule has 276 valence electrons. The molecule has 0 saturated carbocycles. The number of carbonyl (C=O) groups excluding carboxylic acids is 2. The van der Waals surface area contributed by atoms with Gasteiger partial charge in [-0.2, -0.15) is 0 Å². The second kappa shape index (κ2) is 19.4. The van der Waals surface area contributed by atoms with E-state index in [-0.39, 0.29) is 43.9 Å². The number of aromatic hydroxyl groups is 1. The van der Waals surface area contributed by atoms with Crippen molar-refractivity contribution in [3.63, 3.8) is 0 Å². The molecular weight excluding hydrogens is 707 g/mol. The van der Waals surface area contributed by atoms with E-state index < -0.39 is 62.5 Å².